The molecule has 0 amide bonds. The first kappa shape index (κ1) is 9.46. The lowest BCUT2D eigenvalue weighted by atomic mass is 10.5. The van der Waals surface area contributed by atoms with Gasteiger partial charge < -0.3 is 15.5 Å². The van der Waals surface area contributed by atoms with Crippen molar-refractivity contribution in [2.24, 2.45) is 5.73 Å². The van der Waals surface area contributed by atoms with Crippen LogP contribution in [0.2, 0.25) is 0 Å². The van der Waals surface area contributed by atoms with Gasteiger partial charge in [0.1, 0.15) is 0 Å². The average Bonchev–Trinajstić information content (AvgIpc) is 1.62. The monoisotopic (exact) mass is 171 g/mol. The van der Waals surface area contributed by atoms with E-state index in [0.717, 1.165) is 0 Å². The molecule has 0 aromatic carbocycles. The Balaban J connectivity index is 3.60. The molecule has 4 N–H and O–H groups in total. The van der Waals surface area contributed by atoms with Crippen molar-refractivity contribution in [2.45, 2.75) is 18.7 Å². The lowest BCUT2D eigenvalue weighted by molar-refractivity contribution is 0.396. The van der Waals surface area contributed by atoms with Gasteiger partial charge in [0.15, 0.2) is 0 Å². The van der Waals surface area contributed by atoms with Gasteiger partial charge in [-0.2, -0.15) is 0 Å². The highest BCUT2D eigenvalue weighted by molar-refractivity contribution is 8.54. The first-order chi connectivity index (χ1) is 3.95. The molecule has 0 radical (unpaired) electrons. The van der Waals surface area contributed by atoms with Gasteiger partial charge in [-0.15, -0.1) is 0 Å². The summed E-state index contributed by atoms with van der Waals surface area (Å²) in [6.45, 7) is -2.18. The predicted molar refractivity (Wildman–Crippen MR) is 37.9 cm³/mol. The summed E-state index contributed by atoms with van der Waals surface area (Å²) < 4.78 is 10.2. The highest BCUT2D eigenvalue weighted by Crippen LogP contribution is 2.51. The molecule has 6 heteroatoms. The first-order valence-electron chi connectivity index (χ1n) is 2.45. The molecule has 9 heavy (non-hydrogen) atoms. The Kier molecular flexibility index (Phi) is 3.77. The number of hydrogen-bond donors (Lipinski definition) is 3. The zero-order chi connectivity index (χ0) is 7.49. The highest BCUT2D eigenvalue weighted by Gasteiger charge is 2.17. The van der Waals surface area contributed by atoms with Gasteiger partial charge in [0.2, 0.25) is 0 Å². The molecule has 56 valence electrons. The van der Waals surface area contributed by atoms with Crippen LogP contribution in [-0.4, -0.2) is 15.2 Å². The molecule has 0 heterocycles. The van der Waals surface area contributed by atoms with Crippen LogP contribution >= 0.6 is 18.2 Å². The van der Waals surface area contributed by atoms with Crippen molar-refractivity contribution < 1.29 is 14.4 Å². The van der Waals surface area contributed by atoms with Gasteiger partial charge in [0, 0.05) is 0 Å². The van der Waals surface area contributed by atoms with Gasteiger partial charge in [0.25, 0.3) is 0 Å². The minimum Gasteiger partial charge on any atom is -0.319 e. The normalized spacial score (nSPS) is 15.6. The predicted octanol–water partition coefficient (Wildman–Crippen LogP) is 0.507. The van der Waals surface area contributed by atoms with Crippen molar-refractivity contribution >= 4 is 18.2 Å². The van der Waals surface area contributed by atoms with Gasteiger partial charge in [-0.1, -0.05) is 6.92 Å². The summed E-state index contributed by atoms with van der Waals surface area (Å²) in [4.78, 5) is 16.6. The van der Waals surface area contributed by atoms with E-state index in [1.54, 1.807) is 6.92 Å². The molecule has 0 saturated carbocycles. The third-order valence-corrected chi connectivity index (χ3v) is 3.19. The molecule has 1 atom stereocenters. The van der Waals surface area contributed by atoms with Gasteiger partial charge in [-0.25, -0.2) is 4.57 Å². The molecule has 4 nitrogen and oxygen atoms in total. The van der Waals surface area contributed by atoms with E-state index in [4.69, 9.17) is 15.5 Å². The Morgan fingerprint density at radius 3 is 2.33 bits per heavy atom. The van der Waals surface area contributed by atoms with Crippen LogP contribution in [0.25, 0.3) is 0 Å². The second kappa shape index (κ2) is 3.58. The van der Waals surface area contributed by atoms with Crippen molar-refractivity contribution in [3.63, 3.8) is 0 Å². The maximum absolute atomic E-state index is 10.2. The Hall–Kier alpha value is 0.460. The summed E-state index contributed by atoms with van der Waals surface area (Å²) in [6.07, 6.45) is 0.565. The minimum absolute atomic E-state index is 0.453. The molecule has 0 saturated heterocycles. The van der Waals surface area contributed by atoms with E-state index in [-0.39, 0.29) is 0 Å². The second-order valence-corrected chi connectivity index (χ2v) is 5.40. The van der Waals surface area contributed by atoms with Gasteiger partial charge in [0.05, 0.1) is 5.37 Å². The number of rotatable bonds is 3. The van der Waals surface area contributed by atoms with Crippen molar-refractivity contribution in [3.05, 3.63) is 0 Å². The van der Waals surface area contributed by atoms with Crippen LogP contribution in [0.3, 0.4) is 0 Å². The maximum Gasteiger partial charge on any atom is 0.385 e. The van der Waals surface area contributed by atoms with E-state index < -0.39 is 12.2 Å². The van der Waals surface area contributed by atoms with Crippen molar-refractivity contribution in [1.29, 1.82) is 0 Å². The molecule has 0 aliphatic heterocycles. The summed E-state index contributed by atoms with van der Waals surface area (Å²) in [5.74, 6) is 0. The zero-order valence-corrected chi connectivity index (χ0v) is 6.73. The zero-order valence-electron chi connectivity index (χ0n) is 5.02. The van der Waals surface area contributed by atoms with Crippen LogP contribution in [0.4, 0.5) is 0 Å². The van der Waals surface area contributed by atoms with E-state index in [9.17, 15) is 4.57 Å². The third-order valence-electron chi connectivity index (χ3n) is 0.675. The molecule has 0 aliphatic carbocycles. The topological polar surface area (TPSA) is 83.6 Å². The van der Waals surface area contributed by atoms with Gasteiger partial charge >= 0.3 is 6.80 Å². The van der Waals surface area contributed by atoms with Crippen LogP contribution in [0.1, 0.15) is 13.3 Å². The molecular weight excluding hydrogens is 161 g/mol. The molecule has 0 bridgehead atoms. The fourth-order valence-electron chi connectivity index (χ4n) is 0.251. The maximum atomic E-state index is 10.2. The largest absolute Gasteiger partial charge is 0.385 e. The lowest BCUT2D eigenvalue weighted by Crippen LogP contribution is -2.12. The summed E-state index contributed by atoms with van der Waals surface area (Å²) in [7, 11) is 0. The molecular formula is C3H10NO3PS. The van der Waals surface area contributed by atoms with Crippen LogP contribution in [-0.2, 0) is 4.57 Å². The summed E-state index contributed by atoms with van der Waals surface area (Å²) in [5, 5.41) is -0.453. The smallest absolute Gasteiger partial charge is 0.319 e. The molecule has 1 unspecified atom stereocenters. The standard InChI is InChI=1S/C3H10NO3PS/c1-2-3(4)9-8(5,6)7/h3H,2,4H2,1H3,(H2,5,6,7). The van der Waals surface area contributed by atoms with Crippen LogP contribution in [0.15, 0.2) is 0 Å². The van der Waals surface area contributed by atoms with Crippen molar-refractivity contribution in [2.75, 3.05) is 0 Å². The van der Waals surface area contributed by atoms with E-state index in [2.05, 4.69) is 0 Å². The van der Waals surface area contributed by atoms with Gasteiger partial charge in [-0.3, -0.25) is 0 Å². The van der Waals surface area contributed by atoms with Crippen molar-refractivity contribution in [1.82, 2.24) is 0 Å². The molecule has 0 aromatic heterocycles. The fraction of sp³-hybridized carbons (Fsp3) is 1.00. The lowest BCUT2D eigenvalue weighted by Gasteiger charge is -2.07. The molecule has 0 aromatic rings. The Labute approximate surface area is 57.7 Å². The SMILES string of the molecule is CCC(N)SP(=O)(O)O. The molecule has 0 spiro atoms. The minimum atomic E-state index is -3.95. The van der Waals surface area contributed by atoms with E-state index in [1.165, 1.54) is 0 Å². The fourth-order valence-corrected chi connectivity index (χ4v) is 2.26. The second-order valence-electron chi connectivity index (χ2n) is 1.54. The summed E-state index contributed by atoms with van der Waals surface area (Å²) >= 11 is 0.501. The van der Waals surface area contributed by atoms with Crippen LogP contribution < -0.4 is 5.73 Å². The van der Waals surface area contributed by atoms with Crippen LogP contribution in [0, 0.1) is 0 Å². The number of hydrogen-bond acceptors (Lipinski definition) is 3. The first-order valence-corrected chi connectivity index (χ1v) is 5.55. The number of nitrogens with two attached hydrogens (primary N) is 1. The van der Waals surface area contributed by atoms with E-state index in [0.29, 0.717) is 17.8 Å². The highest BCUT2D eigenvalue weighted by atomic mass is 32.7. The molecule has 0 fully saturated rings. The molecule has 0 aliphatic rings. The van der Waals surface area contributed by atoms with E-state index in [1.807, 2.05) is 0 Å². The molecule has 0 rings (SSSR count). The average molecular weight is 171 g/mol. The Morgan fingerprint density at radius 1 is 1.78 bits per heavy atom. The Morgan fingerprint density at radius 2 is 2.22 bits per heavy atom. The van der Waals surface area contributed by atoms with Gasteiger partial charge in [-0.05, 0) is 17.8 Å². The van der Waals surface area contributed by atoms with Crippen LogP contribution in [0.5, 0.6) is 0 Å². The Bertz CT molecular complexity index is 124. The van der Waals surface area contributed by atoms with E-state index >= 15 is 0 Å². The summed E-state index contributed by atoms with van der Waals surface area (Å²) in [5.41, 5.74) is 5.23. The third kappa shape index (κ3) is 6.34. The summed E-state index contributed by atoms with van der Waals surface area (Å²) in [6, 6.07) is 0. The van der Waals surface area contributed by atoms with Crippen molar-refractivity contribution in [3.8, 4) is 0 Å². The quantitative estimate of drug-likeness (QED) is 0.425.